The van der Waals surface area contributed by atoms with Crippen LogP contribution in [-0.2, 0) is 0 Å². The molecule has 0 aliphatic rings. The molecule has 2 aromatic carbocycles. The smallest absolute Gasteiger partial charge is 0.296 e. The molecule has 0 amide bonds. The number of benzene rings is 2. The van der Waals surface area contributed by atoms with E-state index < -0.39 is 4.92 Å². The molecule has 150 valence electrons. The van der Waals surface area contributed by atoms with E-state index in [4.69, 9.17) is 4.74 Å². The van der Waals surface area contributed by atoms with Crippen LogP contribution < -0.4 is 15.4 Å². The normalized spacial score (nSPS) is 11.0. The Kier molecular flexibility index (Phi) is 5.63. The lowest BCUT2D eigenvalue weighted by Gasteiger charge is -2.21. The summed E-state index contributed by atoms with van der Waals surface area (Å²) in [5.41, 5.74) is 1.58. The average Bonchev–Trinajstić information content (AvgIpc) is 2.67. The number of rotatable bonds is 6. The number of nitrogens with zero attached hydrogens (tertiary/aromatic N) is 3. The van der Waals surface area contributed by atoms with Gasteiger partial charge in [-0.05, 0) is 32.9 Å². The van der Waals surface area contributed by atoms with Crippen molar-refractivity contribution in [3.8, 4) is 17.0 Å². The van der Waals surface area contributed by atoms with Crippen molar-refractivity contribution in [2.45, 2.75) is 26.3 Å². The minimum Gasteiger partial charge on any atom is -0.496 e. The van der Waals surface area contributed by atoms with Gasteiger partial charge < -0.3 is 15.4 Å². The molecule has 29 heavy (non-hydrogen) atoms. The van der Waals surface area contributed by atoms with E-state index in [1.54, 1.807) is 18.2 Å². The summed E-state index contributed by atoms with van der Waals surface area (Å²) in [6.45, 7) is 6.02. The number of anilines is 3. The van der Waals surface area contributed by atoms with Gasteiger partial charge in [0, 0.05) is 17.2 Å². The van der Waals surface area contributed by atoms with Crippen LogP contribution in [0.2, 0.25) is 0 Å². The van der Waals surface area contributed by atoms with E-state index in [1.165, 1.54) is 13.2 Å². The molecule has 3 rings (SSSR count). The highest BCUT2D eigenvalue weighted by atomic mass is 16.6. The van der Waals surface area contributed by atoms with Gasteiger partial charge in [-0.2, -0.15) is 4.98 Å². The van der Waals surface area contributed by atoms with E-state index in [1.807, 2.05) is 51.1 Å². The molecular formula is C21H23N5O3. The fourth-order valence-corrected chi connectivity index (χ4v) is 2.69. The number of nitro groups is 1. The SMILES string of the molecule is COc1ccc(Nc2cc(-c3ccccc3)nc(NC(C)(C)C)n2)c([N+](=O)[O-])c1. The van der Waals surface area contributed by atoms with Crippen LogP contribution >= 0.6 is 0 Å². The number of aromatic nitrogens is 2. The number of hydrogen-bond donors (Lipinski definition) is 2. The Morgan fingerprint density at radius 2 is 1.76 bits per heavy atom. The second kappa shape index (κ2) is 8.14. The van der Waals surface area contributed by atoms with Gasteiger partial charge in [0.2, 0.25) is 5.95 Å². The maximum Gasteiger partial charge on any atom is 0.296 e. The third kappa shape index (κ3) is 5.19. The Labute approximate surface area is 169 Å². The van der Waals surface area contributed by atoms with Gasteiger partial charge in [0.15, 0.2) is 0 Å². The first-order valence-corrected chi connectivity index (χ1v) is 9.07. The quantitative estimate of drug-likeness (QED) is 0.448. The number of ether oxygens (including phenoxy) is 1. The van der Waals surface area contributed by atoms with E-state index in [0.717, 1.165) is 5.56 Å². The first-order chi connectivity index (χ1) is 13.7. The molecule has 0 spiro atoms. The van der Waals surface area contributed by atoms with Gasteiger partial charge in [-0.25, -0.2) is 4.98 Å². The van der Waals surface area contributed by atoms with Crippen LogP contribution in [0, 0.1) is 10.1 Å². The van der Waals surface area contributed by atoms with Crippen LogP contribution in [0.3, 0.4) is 0 Å². The topological polar surface area (TPSA) is 102 Å². The Bertz CT molecular complexity index is 1020. The minimum absolute atomic E-state index is 0.102. The second-order valence-corrected chi connectivity index (χ2v) is 7.47. The molecule has 1 heterocycles. The van der Waals surface area contributed by atoms with Gasteiger partial charge in [0.05, 0.1) is 23.8 Å². The largest absolute Gasteiger partial charge is 0.496 e. The molecule has 0 bridgehead atoms. The van der Waals surface area contributed by atoms with Gasteiger partial charge in [-0.15, -0.1) is 0 Å². The lowest BCUT2D eigenvalue weighted by molar-refractivity contribution is -0.384. The summed E-state index contributed by atoms with van der Waals surface area (Å²) >= 11 is 0. The van der Waals surface area contributed by atoms with Crippen molar-refractivity contribution in [2.75, 3.05) is 17.7 Å². The number of methoxy groups -OCH3 is 1. The molecule has 2 N–H and O–H groups in total. The van der Waals surface area contributed by atoms with E-state index in [9.17, 15) is 10.1 Å². The molecule has 1 aromatic heterocycles. The first kappa shape index (κ1) is 20.1. The highest BCUT2D eigenvalue weighted by Gasteiger charge is 2.18. The van der Waals surface area contributed by atoms with Gasteiger partial charge in [0.25, 0.3) is 5.69 Å². The van der Waals surface area contributed by atoms with E-state index >= 15 is 0 Å². The van der Waals surface area contributed by atoms with E-state index in [-0.39, 0.29) is 11.2 Å². The molecule has 0 atom stereocenters. The summed E-state index contributed by atoms with van der Waals surface area (Å²) in [6, 6.07) is 16.1. The summed E-state index contributed by atoms with van der Waals surface area (Å²) in [7, 11) is 1.47. The third-order valence-electron chi connectivity index (χ3n) is 3.95. The fraction of sp³-hybridized carbons (Fsp3) is 0.238. The Hall–Kier alpha value is -3.68. The highest BCUT2D eigenvalue weighted by molar-refractivity contribution is 5.72. The van der Waals surface area contributed by atoms with Crippen LogP contribution in [-0.4, -0.2) is 27.5 Å². The monoisotopic (exact) mass is 393 g/mol. The minimum atomic E-state index is -0.460. The van der Waals surface area contributed by atoms with E-state index in [0.29, 0.717) is 28.9 Å². The van der Waals surface area contributed by atoms with Gasteiger partial charge in [-0.3, -0.25) is 10.1 Å². The maximum atomic E-state index is 11.5. The number of nitro benzene ring substituents is 1. The molecule has 0 saturated heterocycles. The van der Waals surface area contributed by atoms with Gasteiger partial charge >= 0.3 is 0 Å². The van der Waals surface area contributed by atoms with Crippen molar-refractivity contribution in [3.05, 3.63) is 64.7 Å². The van der Waals surface area contributed by atoms with Gasteiger partial charge in [-0.1, -0.05) is 30.3 Å². The summed E-state index contributed by atoms with van der Waals surface area (Å²) in [5, 5.41) is 17.8. The number of hydrogen-bond acceptors (Lipinski definition) is 7. The van der Waals surface area contributed by atoms with Crippen LogP contribution in [0.25, 0.3) is 11.3 Å². The lowest BCUT2D eigenvalue weighted by Crippen LogP contribution is -2.27. The molecule has 0 aliphatic carbocycles. The molecule has 3 aromatic rings. The molecule has 0 saturated carbocycles. The standard InChI is InChI=1S/C21H23N5O3/c1-21(2,3)25-20-23-17(14-8-6-5-7-9-14)13-19(24-20)22-16-11-10-15(29-4)12-18(16)26(27)28/h5-13H,1-4H3,(H2,22,23,24,25). The average molecular weight is 393 g/mol. The predicted octanol–water partition coefficient (Wildman–Crippen LogP) is 5.01. The van der Waals surface area contributed by atoms with Crippen LogP contribution in [0.1, 0.15) is 20.8 Å². The van der Waals surface area contributed by atoms with Crippen molar-refractivity contribution in [2.24, 2.45) is 0 Å². The molecule has 0 unspecified atom stereocenters. The zero-order valence-corrected chi connectivity index (χ0v) is 16.8. The van der Waals surface area contributed by atoms with Gasteiger partial charge in [0.1, 0.15) is 17.3 Å². The summed E-state index contributed by atoms with van der Waals surface area (Å²) in [5.74, 6) is 1.28. The Morgan fingerprint density at radius 3 is 2.38 bits per heavy atom. The van der Waals surface area contributed by atoms with Crippen molar-refractivity contribution >= 4 is 23.1 Å². The van der Waals surface area contributed by atoms with Crippen molar-refractivity contribution in [1.82, 2.24) is 9.97 Å². The second-order valence-electron chi connectivity index (χ2n) is 7.47. The van der Waals surface area contributed by atoms with E-state index in [2.05, 4.69) is 20.6 Å². The van der Waals surface area contributed by atoms with Crippen molar-refractivity contribution < 1.29 is 9.66 Å². The molecule has 8 nitrogen and oxygen atoms in total. The van der Waals surface area contributed by atoms with Crippen LogP contribution in [0.5, 0.6) is 5.75 Å². The maximum absolute atomic E-state index is 11.5. The summed E-state index contributed by atoms with van der Waals surface area (Å²) in [6.07, 6.45) is 0. The highest BCUT2D eigenvalue weighted by Crippen LogP contribution is 2.32. The summed E-state index contributed by atoms with van der Waals surface area (Å²) in [4.78, 5) is 20.1. The number of nitrogens with one attached hydrogen (secondary N) is 2. The molecule has 0 fully saturated rings. The molecule has 0 aliphatic heterocycles. The zero-order chi connectivity index (χ0) is 21.0. The predicted molar refractivity (Wildman–Crippen MR) is 114 cm³/mol. The van der Waals surface area contributed by atoms with Crippen LogP contribution in [0.15, 0.2) is 54.6 Å². The Morgan fingerprint density at radius 1 is 1.03 bits per heavy atom. The van der Waals surface area contributed by atoms with Crippen molar-refractivity contribution in [3.63, 3.8) is 0 Å². The molecular weight excluding hydrogens is 370 g/mol. The van der Waals surface area contributed by atoms with Crippen molar-refractivity contribution in [1.29, 1.82) is 0 Å². The zero-order valence-electron chi connectivity index (χ0n) is 16.8. The first-order valence-electron chi connectivity index (χ1n) is 9.07. The molecule has 0 radical (unpaired) electrons. The summed E-state index contributed by atoms with van der Waals surface area (Å²) < 4.78 is 5.09. The molecule has 8 heteroatoms. The Balaban J connectivity index is 2.05. The lowest BCUT2D eigenvalue weighted by atomic mass is 10.1. The van der Waals surface area contributed by atoms with Crippen LogP contribution in [0.4, 0.5) is 23.1 Å². The fourth-order valence-electron chi connectivity index (χ4n) is 2.69. The third-order valence-corrected chi connectivity index (χ3v) is 3.95.